The highest BCUT2D eigenvalue weighted by Gasteiger charge is 2.19. The first-order valence-electron chi connectivity index (χ1n) is 7.27. The van der Waals surface area contributed by atoms with Gasteiger partial charge in [-0.1, -0.05) is 17.3 Å². The number of ether oxygens (including phenoxy) is 2. The number of carbonyl (C=O) groups excluding carboxylic acids is 1. The number of rotatable bonds is 5. The highest BCUT2D eigenvalue weighted by Crippen LogP contribution is 2.23. The summed E-state index contributed by atoms with van der Waals surface area (Å²) in [5.74, 6) is 0.637. The van der Waals surface area contributed by atoms with Crippen LogP contribution in [0.1, 0.15) is 23.4 Å². The van der Waals surface area contributed by atoms with E-state index in [4.69, 9.17) is 14.0 Å². The van der Waals surface area contributed by atoms with Gasteiger partial charge in [-0.2, -0.15) is 0 Å². The van der Waals surface area contributed by atoms with E-state index in [0.29, 0.717) is 12.2 Å². The minimum atomic E-state index is -0.280. The van der Waals surface area contributed by atoms with Crippen LogP contribution in [0, 0.1) is 0 Å². The molecule has 6 heteroatoms. The maximum atomic E-state index is 12.0. The number of amides is 1. The summed E-state index contributed by atoms with van der Waals surface area (Å²) in [5.41, 5.74) is 1.43. The second-order valence-corrected chi connectivity index (χ2v) is 5.15. The Morgan fingerprint density at radius 2 is 2.36 bits per heavy atom. The Kier molecular flexibility index (Phi) is 4.39. The number of methoxy groups -OCH3 is 1. The van der Waals surface area contributed by atoms with E-state index in [9.17, 15) is 4.79 Å². The Labute approximate surface area is 128 Å². The second kappa shape index (κ2) is 6.62. The molecular weight excluding hydrogens is 284 g/mol. The van der Waals surface area contributed by atoms with Crippen molar-refractivity contribution in [1.29, 1.82) is 0 Å². The number of aromatic nitrogens is 1. The van der Waals surface area contributed by atoms with E-state index in [0.717, 1.165) is 30.8 Å². The number of hydrogen-bond acceptors (Lipinski definition) is 5. The van der Waals surface area contributed by atoms with Crippen molar-refractivity contribution in [3.8, 4) is 17.0 Å². The SMILES string of the molecule is COc1cccc(-c2cc(C(=O)NC[C@@H]3CCCO3)on2)c1. The Morgan fingerprint density at radius 3 is 3.14 bits per heavy atom. The van der Waals surface area contributed by atoms with Crippen LogP contribution in [0.25, 0.3) is 11.3 Å². The molecule has 1 aliphatic heterocycles. The van der Waals surface area contributed by atoms with Crippen LogP contribution in [-0.2, 0) is 4.74 Å². The van der Waals surface area contributed by atoms with Crippen LogP contribution in [0.4, 0.5) is 0 Å². The van der Waals surface area contributed by atoms with Crippen LogP contribution >= 0.6 is 0 Å². The van der Waals surface area contributed by atoms with Gasteiger partial charge in [-0.15, -0.1) is 0 Å². The topological polar surface area (TPSA) is 73.6 Å². The first-order valence-corrected chi connectivity index (χ1v) is 7.27. The van der Waals surface area contributed by atoms with Crippen molar-refractivity contribution >= 4 is 5.91 Å². The molecule has 22 heavy (non-hydrogen) atoms. The second-order valence-electron chi connectivity index (χ2n) is 5.15. The molecular formula is C16H18N2O4. The number of nitrogens with zero attached hydrogens (tertiary/aromatic N) is 1. The highest BCUT2D eigenvalue weighted by molar-refractivity contribution is 5.92. The molecule has 116 valence electrons. The first kappa shape index (κ1) is 14.6. The summed E-state index contributed by atoms with van der Waals surface area (Å²) in [6.07, 6.45) is 2.12. The van der Waals surface area contributed by atoms with E-state index in [1.54, 1.807) is 13.2 Å². The van der Waals surface area contributed by atoms with E-state index in [1.807, 2.05) is 24.3 Å². The number of carbonyl (C=O) groups is 1. The molecule has 2 aromatic rings. The zero-order valence-electron chi connectivity index (χ0n) is 12.4. The van der Waals surface area contributed by atoms with Gasteiger partial charge in [0, 0.05) is 24.8 Å². The molecule has 0 radical (unpaired) electrons. The minimum absolute atomic E-state index is 0.102. The van der Waals surface area contributed by atoms with Gasteiger partial charge in [-0.25, -0.2) is 0 Å². The van der Waals surface area contributed by atoms with Crippen LogP contribution in [0.2, 0.25) is 0 Å². The van der Waals surface area contributed by atoms with E-state index < -0.39 is 0 Å². The lowest BCUT2D eigenvalue weighted by atomic mass is 10.1. The molecule has 1 atom stereocenters. The van der Waals surface area contributed by atoms with E-state index in [2.05, 4.69) is 10.5 Å². The molecule has 6 nitrogen and oxygen atoms in total. The lowest BCUT2D eigenvalue weighted by molar-refractivity contribution is 0.0828. The molecule has 0 spiro atoms. The third kappa shape index (κ3) is 3.28. The summed E-state index contributed by atoms with van der Waals surface area (Å²) < 4.78 is 15.8. The fraction of sp³-hybridized carbons (Fsp3) is 0.375. The Morgan fingerprint density at radius 1 is 1.45 bits per heavy atom. The zero-order valence-corrected chi connectivity index (χ0v) is 12.4. The van der Waals surface area contributed by atoms with Crippen molar-refractivity contribution in [1.82, 2.24) is 10.5 Å². The van der Waals surface area contributed by atoms with Gasteiger partial charge in [0.2, 0.25) is 5.76 Å². The van der Waals surface area contributed by atoms with Gasteiger partial charge < -0.3 is 19.3 Å². The smallest absolute Gasteiger partial charge is 0.290 e. The van der Waals surface area contributed by atoms with Gasteiger partial charge in [0.25, 0.3) is 5.91 Å². The molecule has 1 saturated heterocycles. The van der Waals surface area contributed by atoms with Crippen molar-refractivity contribution in [2.75, 3.05) is 20.3 Å². The third-order valence-electron chi connectivity index (χ3n) is 3.61. The van der Waals surface area contributed by atoms with Gasteiger partial charge in [0.15, 0.2) is 0 Å². The van der Waals surface area contributed by atoms with Crippen LogP contribution in [0.15, 0.2) is 34.9 Å². The largest absolute Gasteiger partial charge is 0.497 e. The molecule has 0 saturated carbocycles. The Bertz CT molecular complexity index is 647. The standard InChI is InChI=1S/C16H18N2O4/c1-20-12-5-2-4-11(8-12)14-9-15(22-18-14)16(19)17-10-13-6-3-7-21-13/h2,4-5,8-9,13H,3,6-7,10H2,1H3,(H,17,19)/t13-/m0/s1. The molecule has 1 aromatic carbocycles. The quantitative estimate of drug-likeness (QED) is 0.917. The fourth-order valence-electron chi connectivity index (χ4n) is 2.40. The van der Waals surface area contributed by atoms with Crippen molar-refractivity contribution in [3.63, 3.8) is 0 Å². The van der Waals surface area contributed by atoms with Crippen LogP contribution in [0.3, 0.4) is 0 Å². The predicted molar refractivity (Wildman–Crippen MR) is 79.8 cm³/mol. The highest BCUT2D eigenvalue weighted by atomic mass is 16.5. The summed E-state index contributed by atoms with van der Waals surface area (Å²) in [7, 11) is 1.60. The molecule has 2 heterocycles. The number of hydrogen-bond donors (Lipinski definition) is 1. The van der Waals surface area contributed by atoms with Crippen molar-refractivity contribution in [3.05, 3.63) is 36.1 Å². The molecule has 1 amide bonds. The molecule has 1 fully saturated rings. The molecule has 1 N–H and O–H groups in total. The summed E-state index contributed by atoms with van der Waals surface area (Å²) in [6.45, 7) is 1.26. The van der Waals surface area contributed by atoms with E-state index >= 15 is 0 Å². The monoisotopic (exact) mass is 302 g/mol. The summed E-state index contributed by atoms with van der Waals surface area (Å²) >= 11 is 0. The normalized spacial score (nSPS) is 17.4. The average molecular weight is 302 g/mol. The zero-order chi connectivity index (χ0) is 15.4. The maximum absolute atomic E-state index is 12.0. The molecule has 0 unspecified atom stereocenters. The molecule has 1 aromatic heterocycles. The predicted octanol–water partition coefficient (Wildman–Crippen LogP) is 2.26. The van der Waals surface area contributed by atoms with E-state index in [-0.39, 0.29) is 17.8 Å². The first-order chi connectivity index (χ1) is 10.8. The van der Waals surface area contributed by atoms with Gasteiger partial charge in [0.05, 0.1) is 13.2 Å². The van der Waals surface area contributed by atoms with Gasteiger partial charge in [0.1, 0.15) is 11.4 Å². The van der Waals surface area contributed by atoms with E-state index in [1.165, 1.54) is 0 Å². The van der Waals surface area contributed by atoms with Gasteiger partial charge in [-0.3, -0.25) is 4.79 Å². The van der Waals surface area contributed by atoms with Crippen molar-refractivity contribution in [2.45, 2.75) is 18.9 Å². The maximum Gasteiger partial charge on any atom is 0.290 e. The lowest BCUT2D eigenvalue weighted by Gasteiger charge is -2.08. The Balaban J connectivity index is 1.65. The van der Waals surface area contributed by atoms with Gasteiger partial charge in [-0.05, 0) is 25.0 Å². The van der Waals surface area contributed by atoms with Crippen molar-refractivity contribution < 1.29 is 18.8 Å². The Hall–Kier alpha value is -2.34. The summed E-state index contributed by atoms with van der Waals surface area (Å²) in [6, 6.07) is 9.05. The molecule has 0 bridgehead atoms. The fourth-order valence-corrected chi connectivity index (χ4v) is 2.40. The molecule has 3 rings (SSSR count). The van der Waals surface area contributed by atoms with Crippen molar-refractivity contribution in [2.24, 2.45) is 0 Å². The number of benzene rings is 1. The van der Waals surface area contributed by atoms with Crippen LogP contribution in [-0.4, -0.2) is 37.4 Å². The van der Waals surface area contributed by atoms with Gasteiger partial charge >= 0.3 is 0 Å². The molecule has 0 aliphatic carbocycles. The van der Waals surface area contributed by atoms with Crippen LogP contribution in [0.5, 0.6) is 5.75 Å². The minimum Gasteiger partial charge on any atom is -0.497 e. The third-order valence-corrected chi connectivity index (χ3v) is 3.61. The summed E-state index contributed by atoms with van der Waals surface area (Å²) in [5, 5.41) is 6.75. The average Bonchev–Trinajstić information content (AvgIpc) is 3.24. The van der Waals surface area contributed by atoms with Crippen LogP contribution < -0.4 is 10.1 Å². The molecule has 1 aliphatic rings. The lowest BCUT2D eigenvalue weighted by Crippen LogP contribution is -2.31. The number of nitrogens with one attached hydrogen (secondary N) is 1. The summed E-state index contributed by atoms with van der Waals surface area (Å²) in [4.78, 5) is 12.0.